The predicted octanol–water partition coefficient (Wildman–Crippen LogP) is -0.901. The summed E-state index contributed by atoms with van der Waals surface area (Å²) in [5, 5.41) is 12.8. The molecule has 10 nitrogen and oxygen atoms in total. The normalized spacial score (nSPS) is 18.5. The van der Waals surface area contributed by atoms with Crippen molar-refractivity contribution < 1.29 is 23.9 Å². The minimum atomic E-state index is -1.06. The molecular formula is C18H19FN6O4. The first-order valence-corrected chi connectivity index (χ1v) is 8.56. The van der Waals surface area contributed by atoms with Crippen LogP contribution in [-0.2, 0) is 0 Å². The molecule has 1 saturated heterocycles. The highest BCUT2D eigenvalue weighted by Gasteiger charge is 2.36. The second-order valence-corrected chi connectivity index (χ2v) is 6.62. The number of nitrogens with two attached hydrogens (primary N) is 3. The molecule has 11 heteroatoms. The number of aromatic nitrogens is 1. The lowest BCUT2D eigenvalue weighted by molar-refractivity contribution is 0.0759. The van der Waals surface area contributed by atoms with Crippen LogP contribution < -0.4 is 22.5 Å². The first-order chi connectivity index (χ1) is 13.7. The number of aliphatic hydroxyl groups is 1. The topological polar surface area (TPSA) is 178 Å². The fourth-order valence-corrected chi connectivity index (χ4v) is 2.98. The molecule has 1 aromatic heterocycles. The van der Waals surface area contributed by atoms with Crippen molar-refractivity contribution in [1.82, 2.24) is 15.2 Å². The number of primary amides is 1. The third-order valence-electron chi connectivity index (χ3n) is 4.51. The number of likely N-dealkylation sites (tertiary alicyclic amines) is 1. The first-order valence-electron chi connectivity index (χ1n) is 8.56. The molecule has 0 spiro atoms. The summed E-state index contributed by atoms with van der Waals surface area (Å²) >= 11 is 0. The summed E-state index contributed by atoms with van der Waals surface area (Å²) in [4.78, 5) is 41.4. The lowest BCUT2D eigenvalue weighted by Crippen LogP contribution is -2.43. The molecule has 0 bridgehead atoms. The van der Waals surface area contributed by atoms with Crippen LogP contribution in [0.25, 0.3) is 0 Å². The van der Waals surface area contributed by atoms with Crippen LogP contribution >= 0.6 is 0 Å². The van der Waals surface area contributed by atoms with Crippen LogP contribution in [0, 0.1) is 5.82 Å². The summed E-state index contributed by atoms with van der Waals surface area (Å²) in [5.74, 6) is -2.89. The standard InChI is InChI=1S/C18H19FN6O4/c19-10-4-8(16(22)27)3-9(5-10)17(28)24-13-6-25(7-14(13)26)18(29)12-2-1-11(20)15(21)23-12/h1-5,13-14,26H,6-7,20H2,(H2,21,23)(H2,22,27)(H,24,28)/t13-,14-/m1/s1. The summed E-state index contributed by atoms with van der Waals surface area (Å²) < 4.78 is 13.6. The van der Waals surface area contributed by atoms with Gasteiger partial charge in [0.05, 0.1) is 17.8 Å². The lowest BCUT2D eigenvalue weighted by Gasteiger charge is -2.17. The highest BCUT2D eigenvalue weighted by Crippen LogP contribution is 2.18. The number of nitrogen functional groups attached to an aromatic ring is 2. The van der Waals surface area contributed by atoms with E-state index in [1.165, 1.54) is 17.0 Å². The van der Waals surface area contributed by atoms with E-state index in [9.17, 15) is 23.9 Å². The Kier molecular flexibility index (Phi) is 5.33. The van der Waals surface area contributed by atoms with Gasteiger partial charge in [-0.3, -0.25) is 14.4 Å². The smallest absolute Gasteiger partial charge is 0.272 e. The Bertz CT molecular complexity index is 998. The molecule has 29 heavy (non-hydrogen) atoms. The van der Waals surface area contributed by atoms with E-state index in [2.05, 4.69) is 10.3 Å². The summed E-state index contributed by atoms with van der Waals surface area (Å²) in [6, 6.07) is 5.04. The lowest BCUT2D eigenvalue weighted by atomic mass is 10.1. The maximum Gasteiger partial charge on any atom is 0.272 e. The van der Waals surface area contributed by atoms with Gasteiger partial charge in [-0.05, 0) is 30.3 Å². The highest BCUT2D eigenvalue weighted by molar-refractivity contribution is 5.99. The molecule has 1 aliphatic heterocycles. The van der Waals surface area contributed by atoms with Crippen LogP contribution in [0.5, 0.6) is 0 Å². The van der Waals surface area contributed by atoms with Crippen molar-refractivity contribution in [2.45, 2.75) is 12.1 Å². The number of amides is 3. The molecule has 152 valence electrons. The number of pyridine rings is 1. The number of anilines is 2. The summed E-state index contributed by atoms with van der Waals surface area (Å²) in [6.07, 6.45) is -1.06. The number of β-amino-alcohol motifs (C(OH)–C–C–N with tert-alkyl or cyclic N) is 1. The zero-order chi connectivity index (χ0) is 21.3. The number of carbonyl (C=O) groups is 3. The molecule has 2 heterocycles. The van der Waals surface area contributed by atoms with Crippen molar-refractivity contribution in [1.29, 1.82) is 0 Å². The van der Waals surface area contributed by atoms with Crippen molar-refractivity contribution in [3.8, 4) is 0 Å². The Labute approximate surface area is 164 Å². The molecule has 0 saturated carbocycles. The Morgan fingerprint density at radius 1 is 1.14 bits per heavy atom. The van der Waals surface area contributed by atoms with Gasteiger partial charge in [-0.2, -0.15) is 0 Å². The molecule has 2 atom stereocenters. The van der Waals surface area contributed by atoms with Gasteiger partial charge >= 0.3 is 0 Å². The van der Waals surface area contributed by atoms with Crippen molar-refractivity contribution in [3.05, 3.63) is 53.0 Å². The predicted molar refractivity (Wildman–Crippen MR) is 101 cm³/mol. The van der Waals surface area contributed by atoms with Crippen LogP contribution in [0.3, 0.4) is 0 Å². The molecule has 8 N–H and O–H groups in total. The third kappa shape index (κ3) is 4.24. The maximum absolute atomic E-state index is 13.6. The zero-order valence-electron chi connectivity index (χ0n) is 15.1. The molecule has 2 aromatic rings. The van der Waals surface area contributed by atoms with Crippen molar-refractivity contribution in [2.24, 2.45) is 5.73 Å². The molecule has 1 aromatic carbocycles. The minimum absolute atomic E-state index is 0.00427. The van der Waals surface area contributed by atoms with Crippen LogP contribution in [-0.4, -0.2) is 57.9 Å². The van der Waals surface area contributed by atoms with Crippen LogP contribution in [0.1, 0.15) is 31.2 Å². The van der Waals surface area contributed by atoms with E-state index in [0.29, 0.717) is 0 Å². The number of carbonyl (C=O) groups excluding carboxylic acids is 3. The van der Waals surface area contributed by atoms with E-state index >= 15 is 0 Å². The quantitative estimate of drug-likeness (QED) is 0.440. The largest absolute Gasteiger partial charge is 0.396 e. The van der Waals surface area contributed by atoms with E-state index < -0.39 is 35.7 Å². The Morgan fingerprint density at radius 3 is 2.48 bits per heavy atom. The molecule has 0 aliphatic carbocycles. The van der Waals surface area contributed by atoms with E-state index in [-0.39, 0.29) is 41.4 Å². The van der Waals surface area contributed by atoms with Gasteiger partial charge in [0.15, 0.2) is 0 Å². The zero-order valence-corrected chi connectivity index (χ0v) is 15.1. The van der Waals surface area contributed by atoms with Gasteiger partial charge in [-0.1, -0.05) is 0 Å². The molecule has 3 amide bonds. The van der Waals surface area contributed by atoms with Gasteiger partial charge in [0.25, 0.3) is 11.8 Å². The highest BCUT2D eigenvalue weighted by atomic mass is 19.1. The van der Waals surface area contributed by atoms with E-state index in [0.717, 1.165) is 18.2 Å². The molecular weight excluding hydrogens is 383 g/mol. The fraction of sp³-hybridized carbons (Fsp3) is 0.222. The molecule has 3 rings (SSSR count). The summed E-state index contributed by atoms with van der Waals surface area (Å²) in [5.41, 5.74) is 16.3. The number of nitrogens with zero attached hydrogens (tertiary/aromatic N) is 2. The molecule has 1 fully saturated rings. The van der Waals surface area contributed by atoms with Gasteiger partial charge in [-0.25, -0.2) is 9.37 Å². The van der Waals surface area contributed by atoms with Crippen molar-refractivity contribution >= 4 is 29.2 Å². The fourth-order valence-electron chi connectivity index (χ4n) is 2.98. The number of hydrogen-bond donors (Lipinski definition) is 5. The number of nitrogens with one attached hydrogen (secondary N) is 1. The average Bonchev–Trinajstić information content (AvgIpc) is 3.03. The number of rotatable bonds is 4. The van der Waals surface area contributed by atoms with Gasteiger partial charge in [0.1, 0.15) is 17.3 Å². The Hall–Kier alpha value is -3.73. The van der Waals surface area contributed by atoms with E-state index in [1.807, 2.05) is 0 Å². The minimum Gasteiger partial charge on any atom is -0.396 e. The van der Waals surface area contributed by atoms with Gasteiger partial charge in [0, 0.05) is 24.2 Å². The monoisotopic (exact) mass is 402 g/mol. The van der Waals surface area contributed by atoms with Gasteiger partial charge in [0.2, 0.25) is 5.91 Å². The molecule has 0 radical (unpaired) electrons. The van der Waals surface area contributed by atoms with Gasteiger partial charge < -0.3 is 32.5 Å². The maximum atomic E-state index is 13.6. The SMILES string of the molecule is NC(=O)c1cc(F)cc(C(=O)N[C@@H]2CN(C(=O)c3ccc(N)c(N)n3)C[C@H]2O)c1. The first kappa shape index (κ1) is 20.0. The van der Waals surface area contributed by atoms with Crippen LogP contribution in [0.2, 0.25) is 0 Å². The second kappa shape index (κ2) is 7.72. The Balaban J connectivity index is 1.71. The number of benzene rings is 1. The molecule has 1 aliphatic rings. The van der Waals surface area contributed by atoms with Crippen LogP contribution in [0.15, 0.2) is 30.3 Å². The number of hydrogen-bond acceptors (Lipinski definition) is 7. The van der Waals surface area contributed by atoms with Crippen molar-refractivity contribution in [3.63, 3.8) is 0 Å². The summed E-state index contributed by atoms with van der Waals surface area (Å²) in [6.45, 7) is -0.0544. The Morgan fingerprint density at radius 2 is 1.83 bits per heavy atom. The summed E-state index contributed by atoms with van der Waals surface area (Å²) in [7, 11) is 0. The second-order valence-electron chi connectivity index (χ2n) is 6.62. The van der Waals surface area contributed by atoms with Crippen LogP contribution in [0.4, 0.5) is 15.9 Å². The average molecular weight is 402 g/mol. The molecule has 0 unspecified atom stereocenters. The van der Waals surface area contributed by atoms with Gasteiger partial charge in [-0.15, -0.1) is 0 Å². The van der Waals surface area contributed by atoms with Crippen molar-refractivity contribution in [2.75, 3.05) is 24.6 Å². The third-order valence-corrected chi connectivity index (χ3v) is 4.51. The van der Waals surface area contributed by atoms with E-state index in [1.54, 1.807) is 0 Å². The number of aliphatic hydroxyl groups excluding tert-OH is 1. The number of halogens is 1. The van der Waals surface area contributed by atoms with E-state index in [4.69, 9.17) is 17.2 Å².